The van der Waals surface area contributed by atoms with E-state index in [1.54, 1.807) is 12.1 Å². The SMILES string of the molecule is COc1ccc(N2C(=O)NC(=O)/C(=C\c3ccc(Oc4ccc([N+](=O)[O-])cc4[N+](=O)[O-])c(OC)c3)C2=O)cc1. The van der Waals surface area contributed by atoms with E-state index in [-0.39, 0.29) is 28.5 Å². The number of amides is 4. The van der Waals surface area contributed by atoms with Gasteiger partial charge in [0.15, 0.2) is 11.5 Å². The number of rotatable bonds is 8. The molecule has 1 fully saturated rings. The van der Waals surface area contributed by atoms with Crippen molar-refractivity contribution in [3.05, 3.63) is 92.0 Å². The van der Waals surface area contributed by atoms with Crippen molar-refractivity contribution in [2.24, 2.45) is 0 Å². The molecule has 0 radical (unpaired) electrons. The summed E-state index contributed by atoms with van der Waals surface area (Å²) >= 11 is 0. The average Bonchev–Trinajstić information content (AvgIpc) is 2.91. The predicted octanol–water partition coefficient (Wildman–Crippen LogP) is 3.98. The summed E-state index contributed by atoms with van der Waals surface area (Å²) in [6.07, 6.45) is 1.24. The molecule has 1 saturated heterocycles. The Labute approximate surface area is 219 Å². The van der Waals surface area contributed by atoms with E-state index in [1.807, 2.05) is 0 Å². The first-order chi connectivity index (χ1) is 18.6. The molecule has 0 spiro atoms. The second-order valence-corrected chi connectivity index (χ2v) is 7.83. The Kier molecular flexibility index (Phi) is 7.19. The Morgan fingerprint density at radius 2 is 1.51 bits per heavy atom. The van der Waals surface area contributed by atoms with Gasteiger partial charge in [0.05, 0.1) is 35.8 Å². The molecular weight excluding hydrogens is 516 g/mol. The molecule has 3 aromatic carbocycles. The second-order valence-electron chi connectivity index (χ2n) is 7.83. The summed E-state index contributed by atoms with van der Waals surface area (Å²) in [7, 11) is 2.76. The molecule has 14 heteroatoms. The third-order valence-corrected chi connectivity index (χ3v) is 5.50. The van der Waals surface area contributed by atoms with Crippen molar-refractivity contribution >= 4 is 41.0 Å². The van der Waals surface area contributed by atoms with Crippen LogP contribution < -0.4 is 24.4 Å². The van der Waals surface area contributed by atoms with Crippen molar-refractivity contribution in [2.75, 3.05) is 19.1 Å². The van der Waals surface area contributed by atoms with Gasteiger partial charge < -0.3 is 14.2 Å². The van der Waals surface area contributed by atoms with Crippen molar-refractivity contribution in [2.45, 2.75) is 0 Å². The maximum atomic E-state index is 13.1. The zero-order valence-corrected chi connectivity index (χ0v) is 20.3. The first kappa shape index (κ1) is 26.3. The number of non-ortho nitro benzene ring substituents is 1. The summed E-state index contributed by atoms with van der Waals surface area (Å²) in [6.45, 7) is 0. The van der Waals surface area contributed by atoms with Crippen LogP contribution >= 0.6 is 0 Å². The first-order valence-corrected chi connectivity index (χ1v) is 11.0. The molecule has 198 valence electrons. The molecule has 0 aliphatic carbocycles. The first-order valence-electron chi connectivity index (χ1n) is 11.0. The zero-order chi connectivity index (χ0) is 28.3. The van der Waals surface area contributed by atoms with Crippen LogP contribution in [0.4, 0.5) is 21.9 Å². The van der Waals surface area contributed by atoms with Crippen LogP contribution in [0.2, 0.25) is 0 Å². The predicted molar refractivity (Wildman–Crippen MR) is 135 cm³/mol. The molecule has 1 heterocycles. The topological polar surface area (TPSA) is 180 Å². The molecule has 4 rings (SSSR count). The monoisotopic (exact) mass is 534 g/mol. The highest BCUT2D eigenvalue weighted by Gasteiger charge is 2.37. The number of hydrogen-bond donors (Lipinski definition) is 1. The maximum absolute atomic E-state index is 13.1. The highest BCUT2D eigenvalue weighted by atomic mass is 16.6. The number of benzene rings is 3. The lowest BCUT2D eigenvalue weighted by atomic mass is 10.1. The van der Waals surface area contributed by atoms with Gasteiger partial charge in [0.2, 0.25) is 5.75 Å². The summed E-state index contributed by atoms with van der Waals surface area (Å²) in [5.41, 5.74) is -0.944. The molecule has 1 aliphatic heterocycles. The highest BCUT2D eigenvalue weighted by molar-refractivity contribution is 6.39. The van der Waals surface area contributed by atoms with E-state index in [4.69, 9.17) is 14.2 Å². The lowest BCUT2D eigenvalue weighted by Gasteiger charge is -2.26. The quantitative estimate of drug-likeness (QED) is 0.192. The number of imide groups is 2. The number of nitrogens with zero attached hydrogens (tertiary/aromatic N) is 3. The number of carbonyl (C=O) groups is 3. The maximum Gasteiger partial charge on any atom is 0.335 e. The minimum absolute atomic E-state index is 0.0195. The van der Waals surface area contributed by atoms with Crippen LogP contribution in [0.15, 0.2) is 66.2 Å². The van der Waals surface area contributed by atoms with Gasteiger partial charge >= 0.3 is 11.7 Å². The van der Waals surface area contributed by atoms with Gasteiger partial charge in [-0.15, -0.1) is 0 Å². The minimum atomic E-state index is -0.918. The van der Waals surface area contributed by atoms with Gasteiger partial charge in [-0.3, -0.25) is 35.1 Å². The van der Waals surface area contributed by atoms with Crippen LogP contribution in [0.1, 0.15) is 5.56 Å². The van der Waals surface area contributed by atoms with Crippen molar-refractivity contribution in [1.29, 1.82) is 0 Å². The number of hydrogen-bond acceptors (Lipinski definition) is 10. The lowest BCUT2D eigenvalue weighted by Crippen LogP contribution is -2.54. The summed E-state index contributed by atoms with van der Waals surface area (Å²) in [5, 5.41) is 24.5. The molecule has 0 saturated carbocycles. The summed E-state index contributed by atoms with van der Waals surface area (Å²) in [5.74, 6) is -1.45. The molecule has 0 unspecified atom stereocenters. The van der Waals surface area contributed by atoms with E-state index < -0.39 is 39.1 Å². The molecule has 1 N–H and O–H groups in total. The van der Waals surface area contributed by atoms with E-state index in [9.17, 15) is 34.6 Å². The van der Waals surface area contributed by atoms with Gasteiger partial charge in [0.1, 0.15) is 11.3 Å². The number of carbonyl (C=O) groups excluding carboxylic acids is 3. The van der Waals surface area contributed by atoms with Crippen LogP contribution in [0.3, 0.4) is 0 Å². The Balaban J connectivity index is 1.66. The molecule has 0 bridgehead atoms. The van der Waals surface area contributed by atoms with Gasteiger partial charge in [0.25, 0.3) is 17.5 Å². The molecule has 1 aliphatic rings. The van der Waals surface area contributed by atoms with Gasteiger partial charge in [0, 0.05) is 6.07 Å². The number of methoxy groups -OCH3 is 2. The average molecular weight is 534 g/mol. The van der Waals surface area contributed by atoms with Crippen LogP contribution in [0, 0.1) is 20.2 Å². The van der Waals surface area contributed by atoms with E-state index in [2.05, 4.69) is 5.32 Å². The van der Waals surface area contributed by atoms with Gasteiger partial charge in [-0.05, 0) is 54.1 Å². The zero-order valence-electron chi connectivity index (χ0n) is 20.3. The van der Waals surface area contributed by atoms with E-state index in [1.165, 1.54) is 50.6 Å². The minimum Gasteiger partial charge on any atom is -0.497 e. The highest BCUT2D eigenvalue weighted by Crippen LogP contribution is 2.38. The number of ether oxygens (including phenoxy) is 3. The Morgan fingerprint density at radius 3 is 2.13 bits per heavy atom. The Bertz CT molecular complexity index is 1550. The fourth-order valence-corrected chi connectivity index (χ4v) is 3.61. The van der Waals surface area contributed by atoms with Crippen LogP contribution in [-0.4, -0.2) is 41.9 Å². The summed E-state index contributed by atoms with van der Waals surface area (Å²) in [4.78, 5) is 59.6. The molecule has 0 atom stereocenters. The molecule has 0 aromatic heterocycles. The third-order valence-electron chi connectivity index (χ3n) is 5.50. The molecule has 39 heavy (non-hydrogen) atoms. The molecule has 3 aromatic rings. The van der Waals surface area contributed by atoms with Crippen molar-refractivity contribution in [3.8, 4) is 23.0 Å². The van der Waals surface area contributed by atoms with Crippen LogP contribution in [-0.2, 0) is 9.59 Å². The number of urea groups is 1. The number of nitro benzene ring substituents is 2. The van der Waals surface area contributed by atoms with Crippen molar-refractivity contribution in [1.82, 2.24) is 5.32 Å². The van der Waals surface area contributed by atoms with Crippen LogP contribution in [0.5, 0.6) is 23.0 Å². The summed E-state index contributed by atoms with van der Waals surface area (Å²) < 4.78 is 16.0. The van der Waals surface area contributed by atoms with Gasteiger partial charge in [-0.2, -0.15) is 0 Å². The third kappa shape index (κ3) is 5.34. The second kappa shape index (κ2) is 10.7. The fraction of sp³-hybridized carbons (Fsp3) is 0.0800. The van der Waals surface area contributed by atoms with E-state index in [0.717, 1.165) is 23.1 Å². The Morgan fingerprint density at radius 1 is 0.821 bits per heavy atom. The van der Waals surface area contributed by atoms with Gasteiger partial charge in [-0.25, -0.2) is 9.69 Å². The van der Waals surface area contributed by atoms with Crippen molar-refractivity contribution < 1.29 is 38.4 Å². The molecule has 4 amide bonds. The molecule has 14 nitrogen and oxygen atoms in total. The smallest absolute Gasteiger partial charge is 0.335 e. The van der Waals surface area contributed by atoms with Crippen molar-refractivity contribution in [3.63, 3.8) is 0 Å². The largest absolute Gasteiger partial charge is 0.497 e. The Hall–Kier alpha value is -5.79. The number of nitro groups is 2. The fourth-order valence-electron chi connectivity index (χ4n) is 3.61. The van der Waals surface area contributed by atoms with Gasteiger partial charge in [-0.1, -0.05) is 6.07 Å². The molecular formula is C25H18N4O10. The lowest BCUT2D eigenvalue weighted by molar-refractivity contribution is -0.394. The van der Waals surface area contributed by atoms with Crippen LogP contribution in [0.25, 0.3) is 6.08 Å². The standard InChI is InChI=1S/C25H18N4O10/c1-37-17-7-4-15(5-8-17)27-24(31)18(23(30)26-25(27)32)11-14-3-9-21(22(12-14)38-2)39-20-10-6-16(28(33)34)13-19(20)29(35)36/h3-13H,1-2H3,(H,26,30,32)/b18-11+. The number of barbiturate groups is 1. The van der Waals surface area contributed by atoms with E-state index in [0.29, 0.717) is 11.3 Å². The van der Waals surface area contributed by atoms with E-state index >= 15 is 0 Å². The summed E-state index contributed by atoms with van der Waals surface area (Å²) in [6, 6.07) is 12.3. The normalized spacial score (nSPS) is 14.2. The number of nitrogens with one attached hydrogen (secondary N) is 1. The number of anilines is 1.